The molecule has 108 valence electrons. The van der Waals surface area contributed by atoms with Crippen LogP contribution in [0.3, 0.4) is 0 Å². The molecule has 0 N–H and O–H groups in total. The molecule has 1 amide bonds. The molecule has 4 heteroatoms. The van der Waals surface area contributed by atoms with Crippen LogP contribution in [0.15, 0.2) is 30.5 Å². The number of fused-ring (bicyclic) bond motifs is 1. The fraction of sp³-hybridized carbons (Fsp3) is 0.438. The van der Waals surface area contributed by atoms with Gasteiger partial charge in [0.05, 0.1) is 18.8 Å². The highest BCUT2D eigenvalue weighted by Gasteiger charge is 2.20. The van der Waals surface area contributed by atoms with Gasteiger partial charge in [-0.25, -0.2) is 4.79 Å². The van der Waals surface area contributed by atoms with Crippen LogP contribution in [0.25, 0.3) is 6.08 Å². The number of methoxy groups -OCH3 is 1. The quantitative estimate of drug-likeness (QED) is 0.845. The lowest BCUT2D eigenvalue weighted by molar-refractivity contribution is -0.00221. The average molecular weight is 275 g/mol. The number of carbonyl (C=O) groups excluding carboxylic acids is 1. The predicted molar refractivity (Wildman–Crippen MR) is 78.1 cm³/mol. The van der Waals surface area contributed by atoms with Crippen molar-refractivity contribution in [1.29, 1.82) is 0 Å². The first-order valence-electron chi connectivity index (χ1n) is 6.76. The van der Waals surface area contributed by atoms with Gasteiger partial charge in [-0.2, -0.15) is 0 Å². The van der Waals surface area contributed by atoms with Gasteiger partial charge in [-0.1, -0.05) is 24.3 Å². The summed E-state index contributed by atoms with van der Waals surface area (Å²) < 4.78 is 10.6. The monoisotopic (exact) mass is 275 g/mol. The van der Waals surface area contributed by atoms with Crippen LogP contribution in [0.4, 0.5) is 4.79 Å². The zero-order valence-electron chi connectivity index (χ0n) is 12.3. The Morgan fingerprint density at radius 1 is 1.35 bits per heavy atom. The Balaban J connectivity index is 1.86. The second-order valence-corrected chi connectivity index (χ2v) is 5.47. The van der Waals surface area contributed by atoms with E-state index in [2.05, 4.69) is 0 Å². The third kappa shape index (κ3) is 3.61. The SMILES string of the molecule is COC(C)(C)CCOC(=O)N1C=Cc2ccccc2C1. The first-order valence-corrected chi connectivity index (χ1v) is 6.76. The van der Waals surface area contributed by atoms with Gasteiger partial charge in [0, 0.05) is 19.7 Å². The van der Waals surface area contributed by atoms with Gasteiger partial charge in [0.2, 0.25) is 0 Å². The topological polar surface area (TPSA) is 38.8 Å². The van der Waals surface area contributed by atoms with Gasteiger partial charge < -0.3 is 9.47 Å². The summed E-state index contributed by atoms with van der Waals surface area (Å²) in [4.78, 5) is 13.6. The van der Waals surface area contributed by atoms with Gasteiger partial charge in [0.25, 0.3) is 0 Å². The van der Waals surface area contributed by atoms with Crippen LogP contribution in [0.5, 0.6) is 0 Å². The molecule has 0 unspecified atom stereocenters. The normalized spacial score (nSPS) is 14.1. The maximum Gasteiger partial charge on any atom is 0.414 e. The predicted octanol–water partition coefficient (Wildman–Crippen LogP) is 3.42. The lowest BCUT2D eigenvalue weighted by Gasteiger charge is -2.25. The molecule has 20 heavy (non-hydrogen) atoms. The molecule has 0 aromatic heterocycles. The maximum absolute atomic E-state index is 12.0. The van der Waals surface area contributed by atoms with Gasteiger partial charge in [-0.05, 0) is 31.1 Å². The molecular formula is C16H21NO3. The second-order valence-electron chi connectivity index (χ2n) is 5.47. The zero-order valence-corrected chi connectivity index (χ0v) is 12.3. The highest BCUT2D eigenvalue weighted by molar-refractivity contribution is 5.72. The van der Waals surface area contributed by atoms with Crippen molar-refractivity contribution in [2.45, 2.75) is 32.4 Å². The van der Waals surface area contributed by atoms with Gasteiger partial charge in [-0.15, -0.1) is 0 Å². The standard InChI is InChI=1S/C16H21NO3/c1-16(2,19-3)9-11-20-15(18)17-10-8-13-6-4-5-7-14(13)12-17/h4-8,10H,9,11-12H2,1-3H3. The molecule has 1 aliphatic heterocycles. The summed E-state index contributed by atoms with van der Waals surface area (Å²) in [6, 6.07) is 8.02. The number of carbonyl (C=O) groups is 1. The van der Waals surface area contributed by atoms with E-state index in [-0.39, 0.29) is 11.7 Å². The average Bonchev–Trinajstić information content (AvgIpc) is 2.46. The van der Waals surface area contributed by atoms with E-state index >= 15 is 0 Å². The number of rotatable bonds is 4. The van der Waals surface area contributed by atoms with Gasteiger partial charge in [0.15, 0.2) is 0 Å². The summed E-state index contributed by atoms with van der Waals surface area (Å²) in [6.45, 7) is 4.85. The number of hydrogen-bond donors (Lipinski definition) is 0. The van der Waals surface area contributed by atoms with E-state index in [1.54, 1.807) is 18.2 Å². The maximum atomic E-state index is 12.0. The van der Waals surface area contributed by atoms with Crippen molar-refractivity contribution < 1.29 is 14.3 Å². The first-order chi connectivity index (χ1) is 9.52. The zero-order chi connectivity index (χ0) is 14.6. The lowest BCUT2D eigenvalue weighted by Crippen LogP contribution is -2.30. The summed E-state index contributed by atoms with van der Waals surface area (Å²) >= 11 is 0. The van der Waals surface area contributed by atoms with Crippen molar-refractivity contribution in [3.63, 3.8) is 0 Å². The Labute approximate surface area is 120 Å². The van der Waals surface area contributed by atoms with E-state index in [0.29, 0.717) is 19.6 Å². The molecular weight excluding hydrogens is 254 g/mol. The van der Waals surface area contributed by atoms with Crippen LogP contribution < -0.4 is 0 Å². The van der Waals surface area contributed by atoms with Crippen molar-refractivity contribution in [3.8, 4) is 0 Å². The van der Waals surface area contributed by atoms with Crippen molar-refractivity contribution in [1.82, 2.24) is 4.90 Å². The Morgan fingerprint density at radius 2 is 2.10 bits per heavy atom. The Morgan fingerprint density at radius 3 is 2.85 bits per heavy atom. The van der Waals surface area contributed by atoms with Crippen molar-refractivity contribution >= 4 is 12.2 Å². The van der Waals surface area contributed by atoms with Crippen molar-refractivity contribution in [2.75, 3.05) is 13.7 Å². The molecule has 1 aromatic carbocycles. The highest BCUT2D eigenvalue weighted by Crippen LogP contribution is 2.20. The minimum absolute atomic E-state index is 0.273. The molecule has 0 saturated carbocycles. The van der Waals surface area contributed by atoms with Crippen LogP contribution in [0.1, 0.15) is 31.4 Å². The molecule has 0 radical (unpaired) electrons. The van der Waals surface area contributed by atoms with E-state index in [0.717, 1.165) is 11.1 Å². The van der Waals surface area contributed by atoms with E-state index in [4.69, 9.17) is 9.47 Å². The van der Waals surface area contributed by atoms with Crippen LogP contribution >= 0.6 is 0 Å². The molecule has 1 aromatic rings. The number of benzene rings is 1. The van der Waals surface area contributed by atoms with E-state index < -0.39 is 0 Å². The smallest absolute Gasteiger partial charge is 0.414 e. The summed E-state index contributed by atoms with van der Waals surface area (Å²) in [5.74, 6) is 0. The largest absolute Gasteiger partial charge is 0.449 e. The Kier molecular flexibility index (Phi) is 4.45. The van der Waals surface area contributed by atoms with Crippen LogP contribution in [0, 0.1) is 0 Å². The molecule has 0 aliphatic carbocycles. The molecule has 0 fully saturated rings. The second kappa shape index (κ2) is 6.09. The summed E-state index contributed by atoms with van der Waals surface area (Å²) in [5.41, 5.74) is 2.01. The fourth-order valence-electron chi connectivity index (χ4n) is 1.94. The molecule has 0 spiro atoms. The van der Waals surface area contributed by atoms with Gasteiger partial charge >= 0.3 is 6.09 Å². The van der Waals surface area contributed by atoms with Crippen LogP contribution in [-0.4, -0.2) is 30.3 Å². The van der Waals surface area contributed by atoms with E-state index in [1.165, 1.54) is 0 Å². The number of nitrogens with zero attached hydrogens (tertiary/aromatic N) is 1. The lowest BCUT2D eigenvalue weighted by atomic mass is 10.0. The Hall–Kier alpha value is -1.81. The number of hydrogen-bond acceptors (Lipinski definition) is 3. The Bertz CT molecular complexity index is 508. The fourth-order valence-corrected chi connectivity index (χ4v) is 1.94. The van der Waals surface area contributed by atoms with E-state index in [1.807, 2.05) is 44.2 Å². The molecule has 0 saturated heterocycles. The van der Waals surface area contributed by atoms with Gasteiger partial charge in [0.1, 0.15) is 0 Å². The number of amides is 1. The minimum Gasteiger partial charge on any atom is -0.449 e. The molecule has 0 atom stereocenters. The van der Waals surface area contributed by atoms with Crippen molar-refractivity contribution in [3.05, 3.63) is 41.6 Å². The minimum atomic E-state index is -0.317. The van der Waals surface area contributed by atoms with Crippen LogP contribution in [-0.2, 0) is 16.0 Å². The molecule has 0 bridgehead atoms. The summed E-state index contributed by atoms with van der Waals surface area (Å²) in [6.07, 6.45) is 4.05. The highest BCUT2D eigenvalue weighted by atomic mass is 16.6. The molecule has 4 nitrogen and oxygen atoms in total. The molecule has 1 heterocycles. The molecule has 1 aliphatic rings. The third-order valence-electron chi connectivity index (χ3n) is 3.55. The van der Waals surface area contributed by atoms with Crippen molar-refractivity contribution in [2.24, 2.45) is 0 Å². The third-order valence-corrected chi connectivity index (χ3v) is 3.55. The van der Waals surface area contributed by atoms with E-state index in [9.17, 15) is 4.79 Å². The first kappa shape index (κ1) is 14.6. The number of ether oxygens (including phenoxy) is 2. The summed E-state index contributed by atoms with van der Waals surface area (Å²) in [5, 5.41) is 0. The van der Waals surface area contributed by atoms with Crippen LogP contribution in [0.2, 0.25) is 0 Å². The summed E-state index contributed by atoms with van der Waals surface area (Å²) in [7, 11) is 1.66. The van der Waals surface area contributed by atoms with Gasteiger partial charge in [-0.3, -0.25) is 4.90 Å². The molecule has 2 rings (SSSR count).